The highest BCUT2D eigenvalue weighted by atomic mass is 19.1. The van der Waals surface area contributed by atoms with E-state index in [1.165, 1.54) is 31.4 Å². The van der Waals surface area contributed by atoms with Crippen LogP contribution in [0.1, 0.15) is 5.56 Å². The van der Waals surface area contributed by atoms with Gasteiger partial charge in [0, 0.05) is 0 Å². The summed E-state index contributed by atoms with van der Waals surface area (Å²) in [6.45, 7) is -0.405. The van der Waals surface area contributed by atoms with Gasteiger partial charge in [0.25, 0.3) is 5.91 Å². The maximum atomic E-state index is 12.8. The predicted molar refractivity (Wildman–Crippen MR) is 82.7 cm³/mol. The Labute approximate surface area is 133 Å². The summed E-state index contributed by atoms with van der Waals surface area (Å²) in [7, 11) is 1.49. The molecule has 0 aliphatic carbocycles. The fraction of sp³-hybridized carbons (Fsp3) is 0.176. The third kappa shape index (κ3) is 5.10. The summed E-state index contributed by atoms with van der Waals surface area (Å²) in [5, 5.41) is 2.60. The number of esters is 1. The number of para-hydroxylation sites is 2. The Bertz CT molecular complexity index is 685. The first-order valence-corrected chi connectivity index (χ1v) is 6.91. The third-order valence-electron chi connectivity index (χ3n) is 3.01. The van der Waals surface area contributed by atoms with Crippen LogP contribution in [0.15, 0.2) is 48.5 Å². The predicted octanol–water partition coefficient (Wildman–Crippen LogP) is 2.56. The number of amides is 1. The van der Waals surface area contributed by atoms with Crippen LogP contribution in [0.2, 0.25) is 0 Å². The van der Waals surface area contributed by atoms with E-state index in [9.17, 15) is 14.0 Å². The quantitative estimate of drug-likeness (QED) is 0.832. The van der Waals surface area contributed by atoms with E-state index in [4.69, 9.17) is 9.47 Å². The molecule has 2 rings (SSSR count). The fourth-order valence-electron chi connectivity index (χ4n) is 1.90. The molecular weight excluding hydrogens is 301 g/mol. The van der Waals surface area contributed by atoms with Crippen molar-refractivity contribution in [1.29, 1.82) is 0 Å². The molecule has 2 aromatic carbocycles. The van der Waals surface area contributed by atoms with Crippen molar-refractivity contribution in [2.24, 2.45) is 0 Å². The minimum atomic E-state index is -0.563. The molecule has 0 saturated heterocycles. The Morgan fingerprint density at radius 1 is 1.09 bits per heavy atom. The number of hydrogen-bond donors (Lipinski definition) is 1. The zero-order valence-corrected chi connectivity index (χ0v) is 12.5. The SMILES string of the molecule is COc1ccccc1NC(=O)COC(=O)Cc1ccc(F)cc1. The van der Waals surface area contributed by atoms with Crippen molar-refractivity contribution in [2.45, 2.75) is 6.42 Å². The van der Waals surface area contributed by atoms with Crippen molar-refractivity contribution in [3.63, 3.8) is 0 Å². The van der Waals surface area contributed by atoms with Gasteiger partial charge in [-0.05, 0) is 29.8 Å². The number of nitrogens with one attached hydrogen (secondary N) is 1. The van der Waals surface area contributed by atoms with Gasteiger partial charge in [0.05, 0.1) is 19.2 Å². The summed E-state index contributed by atoms with van der Waals surface area (Å²) in [5.74, 6) is -0.898. The smallest absolute Gasteiger partial charge is 0.310 e. The van der Waals surface area contributed by atoms with E-state index in [2.05, 4.69) is 5.32 Å². The van der Waals surface area contributed by atoms with E-state index in [1.54, 1.807) is 24.3 Å². The first kappa shape index (κ1) is 16.5. The molecule has 2 aromatic rings. The van der Waals surface area contributed by atoms with Gasteiger partial charge in [-0.15, -0.1) is 0 Å². The molecule has 1 N–H and O–H groups in total. The highest BCUT2D eigenvalue weighted by Crippen LogP contribution is 2.22. The standard InChI is InChI=1S/C17H16FNO4/c1-22-15-5-3-2-4-14(15)19-16(20)11-23-17(21)10-12-6-8-13(18)9-7-12/h2-9H,10-11H2,1H3,(H,19,20). The molecule has 0 aliphatic heterocycles. The lowest BCUT2D eigenvalue weighted by molar-refractivity contribution is -0.146. The summed E-state index contributed by atoms with van der Waals surface area (Å²) in [6.07, 6.45) is -0.0256. The van der Waals surface area contributed by atoms with Crippen LogP contribution in [0.5, 0.6) is 5.75 Å². The molecule has 0 aromatic heterocycles. The number of ether oxygens (including phenoxy) is 2. The number of rotatable bonds is 6. The van der Waals surface area contributed by atoms with Gasteiger partial charge in [-0.3, -0.25) is 9.59 Å². The fourth-order valence-corrected chi connectivity index (χ4v) is 1.90. The Balaban J connectivity index is 1.82. The van der Waals surface area contributed by atoms with E-state index in [0.29, 0.717) is 17.0 Å². The largest absolute Gasteiger partial charge is 0.495 e. The molecule has 5 nitrogen and oxygen atoms in total. The van der Waals surface area contributed by atoms with Gasteiger partial charge in [0.1, 0.15) is 11.6 Å². The third-order valence-corrected chi connectivity index (χ3v) is 3.01. The van der Waals surface area contributed by atoms with Gasteiger partial charge in [-0.25, -0.2) is 4.39 Å². The van der Waals surface area contributed by atoms with Crippen LogP contribution in [0.4, 0.5) is 10.1 Å². The number of hydrogen-bond acceptors (Lipinski definition) is 4. The molecule has 0 saturated carbocycles. The normalized spacial score (nSPS) is 10.0. The van der Waals surface area contributed by atoms with Gasteiger partial charge < -0.3 is 14.8 Å². The maximum Gasteiger partial charge on any atom is 0.310 e. The second-order valence-electron chi connectivity index (χ2n) is 4.71. The monoisotopic (exact) mass is 317 g/mol. The zero-order chi connectivity index (χ0) is 16.7. The molecule has 0 unspecified atom stereocenters. The van der Waals surface area contributed by atoms with Crippen molar-refractivity contribution in [3.05, 3.63) is 59.9 Å². The van der Waals surface area contributed by atoms with Crippen molar-refractivity contribution >= 4 is 17.6 Å². The molecule has 120 valence electrons. The number of benzene rings is 2. The van der Waals surface area contributed by atoms with E-state index in [1.807, 2.05) is 0 Å². The summed E-state index contributed by atoms with van der Waals surface area (Å²) < 4.78 is 22.8. The van der Waals surface area contributed by atoms with Crippen molar-refractivity contribution < 1.29 is 23.5 Å². The van der Waals surface area contributed by atoms with Crippen LogP contribution in [0.3, 0.4) is 0 Å². The molecule has 6 heteroatoms. The number of anilines is 1. The second kappa shape index (κ2) is 7.93. The number of carbonyl (C=O) groups is 2. The number of methoxy groups -OCH3 is 1. The number of carbonyl (C=O) groups excluding carboxylic acids is 2. The van der Waals surface area contributed by atoms with Gasteiger partial charge >= 0.3 is 5.97 Å². The van der Waals surface area contributed by atoms with Crippen LogP contribution in [0.25, 0.3) is 0 Å². The van der Waals surface area contributed by atoms with Gasteiger partial charge in [0.2, 0.25) is 0 Å². The molecule has 0 aliphatic rings. The molecule has 0 spiro atoms. The van der Waals surface area contributed by atoms with Gasteiger partial charge in [-0.2, -0.15) is 0 Å². The highest BCUT2D eigenvalue weighted by Gasteiger charge is 2.11. The minimum absolute atomic E-state index is 0.0256. The topological polar surface area (TPSA) is 64.6 Å². The maximum absolute atomic E-state index is 12.8. The number of halogens is 1. The molecule has 0 bridgehead atoms. The summed E-state index contributed by atoms with van der Waals surface area (Å²) in [5.41, 5.74) is 1.11. The van der Waals surface area contributed by atoms with Crippen molar-refractivity contribution in [2.75, 3.05) is 19.0 Å². The van der Waals surface area contributed by atoms with Crippen molar-refractivity contribution in [3.8, 4) is 5.75 Å². The second-order valence-corrected chi connectivity index (χ2v) is 4.71. The highest BCUT2D eigenvalue weighted by molar-refractivity contribution is 5.94. The van der Waals surface area contributed by atoms with E-state index >= 15 is 0 Å². The van der Waals surface area contributed by atoms with Crippen LogP contribution in [-0.4, -0.2) is 25.6 Å². The van der Waals surface area contributed by atoms with Crippen LogP contribution in [-0.2, 0) is 20.7 Å². The molecule has 0 atom stereocenters. The summed E-state index contributed by atoms with van der Waals surface area (Å²) >= 11 is 0. The van der Waals surface area contributed by atoms with E-state index < -0.39 is 18.5 Å². The first-order chi connectivity index (χ1) is 11.1. The van der Waals surface area contributed by atoms with E-state index in [-0.39, 0.29) is 12.2 Å². The van der Waals surface area contributed by atoms with Gasteiger partial charge in [0.15, 0.2) is 6.61 Å². The van der Waals surface area contributed by atoms with E-state index in [0.717, 1.165) is 0 Å². The molecule has 23 heavy (non-hydrogen) atoms. The lowest BCUT2D eigenvalue weighted by Gasteiger charge is -2.10. The van der Waals surface area contributed by atoms with Crippen LogP contribution < -0.4 is 10.1 Å². The van der Waals surface area contributed by atoms with Crippen LogP contribution in [0, 0.1) is 5.82 Å². The zero-order valence-electron chi connectivity index (χ0n) is 12.5. The Hall–Kier alpha value is -2.89. The Morgan fingerprint density at radius 3 is 2.48 bits per heavy atom. The molecule has 1 amide bonds. The molecular formula is C17H16FNO4. The lowest BCUT2D eigenvalue weighted by atomic mass is 10.1. The van der Waals surface area contributed by atoms with Crippen LogP contribution >= 0.6 is 0 Å². The average molecular weight is 317 g/mol. The lowest BCUT2D eigenvalue weighted by Crippen LogP contribution is -2.21. The molecule has 0 radical (unpaired) electrons. The summed E-state index contributed by atoms with van der Waals surface area (Å²) in [6, 6.07) is 12.4. The first-order valence-electron chi connectivity index (χ1n) is 6.91. The average Bonchev–Trinajstić information content (AvgIpc) is 2.55. The van der Waals surface area contributed by atoms with Crippen molar-refractivity contribution in [1.82, 2.24) is 0 Å². The Kier molecular flexibility index (Phi) is 5.68. The minimum Gasteiger partial charge on any atom is -0.495 e. The Morgan fingerprint density at radius 2 is 1.78 bits per heavy atom. The van der Waals surface area contributed by atoms with Gasteiger partial charge in [-0.1, -0.05) is 24.3 Å². The molecule has 0 fully saturated rings. The summed E-state index contributed by atoms with van der Waals surface area (Å²) in [4.78, 5) is 23.4. The molecule has 0 heterocycles.